The molecule has 33 heavy (non-hydrogen) atoms. The summed E-state index contributed by atoms with van der Waals surface area (Å²) in [7, 11) is 0. The lowest BCUT2D eigenvalue weighted by molar-refractivity contribution is -0.142. The lowest BCUT2D eigenvalue weighted by Crippen LogP contribution is -2.51. The Morgan fingerprint density at radius 2 is 1.73 bits per heavy atom. The summed E-state index contributed by atoms with van der Waals surface area (Å²) in [6.07, 6.45) is 0.404. The number of carbonyl (C=O) groups excluding carboxylic acids is 2. The van der Waals surface area contributed by atoms with Gasteiger partial charge in [0.2, 0.25) is 5.91 Å². The summed E-state index contributed by atoms with van der Waals surface area (Å²) < 4.78 is 5.73. The Morgan fingerprint density at radius 3 is 2.42 bits per heavy atom. The molecule has 0 saturated heterocycles. The topological polar surface area (TPSA) is 58.6 Å². The highest BCUT2D eigenvalue weighted by molar-refractivity contribution is 6.30. The van der Waals surface area contributed by atoms with Crippen molar-refractivity contribution in [3.63, 3.8) is 0 Å². The van der Waals surface area contributed by atoms with E-state index in [1.54, 1.807) is 29.2 Å². The van der Waals surface area contributed by atoms with Gasteiger partial charge in [0.05, 0.1) is 0 Å². The van der Waals surface area contributed by atoms with Gasteiger partial charge in [-0.15, -0.1) is 0 Å². The van der Waals surface area contributed by atoms with Crippen LogP contribution in [-0.4, -0.2) is 35.9 Å². The van der Waals surface area contributed by atoms with Crippen molar-refractivity contribution < 1.29 is 14.3 Å². The van der Waals surface area contributed by atoms with E-state index in [4.69, 9.17) is 16.3 Å². The molecule has 0 spiro atoms. The van der Waals surface area contributed by atoms with Crippen LogP contribution in [0.25, 0.3) is 0 Å². The van der Waals surface area contributed by atoms with Crippen LogP contribution in [0.15, 0.2) is 78.9 Å². The second kappa shape index (κ2) is 12.1. The third kappa shape index (κ3) is 7.09. The normalized spacial score (nSPS) is 11.5. The summed E-state index contributed by atoms with van der Waals surface area (Å²) in [6.45, 7) is 4.46. The number of benzene rings is 3. The molecule has 6 heteroatoms. The second-order valence-corrected chi connectivity index (χ2v) is 8.23. The van der Waals surface area contributed by atoms with Gasteiger partial charge in [-0.3, -0.25) is 9.59 Å². The van der Waals surface area contributed by atoms with Crippen molar-refractivity contribution in [2.75, 3.05) is 13.2 Å². The molecular formula is C27H29ClN2O3. The first-order valence-corrected chi connectivity index (χ1v) is 11.4. The Hall–Kier alpha value is -3.31. The monoisotopic (exact) mass is 464 g/mol. The smallest absolute Gasteiger partial charge is 0.261 e. The van der Waals surface area contributed by atoms with E-state index in [0.717, 1.165) is 16.7 Å². The molecule has 5 nitrogen and oxygen atoms in total. The third-order valence-corrected chi connectivity index (χ3v) is 5.62. The molecule has 3 aromatic carbocycles. The molecule has 3 rings (SSSR count). The van der Waals surface area contributed by atoms with E-state index in [0.29, 0.717) is 30.3 Å². The Balaban J connectivity index is 1.90. The van der Waals surface area contributed by atoms with Gasteiger partial charge in [-0.2, -0.15) is 0 Å². The fourth-order valence-corrected chi connectivity index (χ4v) is 3.78. The maximum Gasteiger partial charge on any atom is 0.261 e. The number of rotatable bonds is 10. The van der Waals surface area contributed by atoms with Crippen LogP contribution in [-0.2, 0) is 22.6 Å². The molecule has 0 aliphatic carbocycles. The molecule has 0 heterocycles. The molecule has 0 aliphatic heterocycles. The number of carbonyl (C=O) groups is 2. The van der Waals surface area contributed by atoms with Crippen molar-refractivity contribution in [1.29, 1.82) is 0 Å². The van der Waals surface area contributed by atoms with E-state index in [9.17, 15) is 9.59 Å². The van der Waals surface area contributed by atoms with Gasteiger partial charge in [0.25, 0.3) is 5.91 Å². The van der Waals surface area contributed by atoms with Crippen LogP contribution in [0.4, 0.5) is 0 Å². The fraction of sp³-hybridized carbons (Fsp3) is 0.259. The molecule has 1 N–H and O–H groups in total. The Bertz CT molecular complexity index is 1070. The quantitative estimate of drug-likeness (QED) is 0.468. The van der Waals surface area contributed by atoms with Crippen LogP contribution < -0.4 is 10.1 Å². The van der Waals surface area contributed by atoms with E-state index < -0.39 is 6.04 Å². The van der Waals surface area contributed by atoms with Crippen LogP contribution in [0.3, 0.4) is 0 Å². The molecular weight excluding hydrogens is 436 g/mol. The largest absolute Gasteiger partial charge is 0.484 e. The number of amides is 2. The minimum atomic E-state index is -0.678. The average Bonchev–Trinajstić information content (AvgIpc) is 2.82. The number of nitrogens with zero attached hydrogens (tertiary/aromatic N) is 1. The zero-order valence-electron chi connectivity index (χ0n) is 19.0. The summed E-state index contributed by atoms with van der Waals surface area (Å²) in [5.41, 5.74) is 3.02. The number of hydrogen-bond acceptors (Lipinski definition) is 3. The predicted octanol–water partition coefficient (Wildman–Crippen LogP) is 4.80. The molecule has 0 unspecified atom stereocenters. The highest BCUT2D eigenvalue weighted by Gasteiger charge is 2.30. The lowest BCUT2D eigenvalue weighted by atomic mass is 10.0. The van der Waals surface area contributed by atoms with E-state index in [-0.39, 0.29) is 18.4 Å². The molecule has 0 bridgehead atoms. The number of aryl methyl sites for hydroxylation is 1. The zero-order chi connectivity index (χ0) is 23.6. The van der Waals surface area contributed by atoms with Crippen molar-refractivity contribution in [3.05, 3.63) is 101 Å². The van der Waals surface area contributed by atoms with Crippen molar-refractivity contribution in [2.24, 2.45) is 0 Å². The predicted molar refractivity (Wildman–Crippen MR) is 131 cm³/mol. The molecule has 1 atom stereocenters. The van der Waals surface area contributed by atoms with E-state index in [1.807, 2.05) is 68.4 Å². The summed E-state index contributed by atoms with van der Waals surface area (Å²) in [5, 5.41) is 3.42. The summed E-state index contributed by atoms with van der Waals surface area (Å²) in [4.78, 5) is 28.2. The van der Waals surface area contributed by atoms with Crippen molar-refractivity contribution in [1.82, 2.24) is 10.2 Å². The van der Waals surface area contributed by atoms with Gasteiger partial charge < -0.3 is 15.0 Å². The Labute approximate surface area is 200 Å². The lowest BCUT2D eigenvalue weighted by Gasteiger charge is -2.31. The molecule has 0 radical (unpaired) electrons. The minimum absolute atomic E-state index is 0.189. The van der Waals surface area contributed by atoms with E-state index >= 15 is 0 Å². The Morgan fingerprint density at radius 1 is 1.00 bits per heavy atom. The summed E-state index contributed by atoms with van der Waals surface area (Å²) >= 11 is 6.04. The van der Waals surface area contributed by atoms with E-state index in [1.165, 1.54) is 0 Å². The maximum absolute atomic E-state index is 13.4. The van der Waals surface area contributed by atoms with Crippen LogP contribution in [0.5, 0.6) is 5.75 Å². The van der Waals surface area contributed by atoms with E-state index in [2.05, 4.69) is 5.32 Å². The van der Waals surface area contributed by atoms with Crippen molar-refractivity contribution >= 4 is 23.4 Å². The molecule has 0 aromatic heterocycles. The van der Waals surface area contributed by atoms with Gasteiger partial charge in [-0.25, -0.2) is 0 Å². The molecule has 2 amide bonds. The van der Waals surface area contributed by atoms with Crippen molar-refractivity contribution in [2.45, 2.75) is 32.9 Å². The summed E-state index contributed by atoms with van der Waals surface area (Å²) in [5.74, 6) is 0.0424. The maximum atomic E-state index is 13.4. The zero-order valence-corrected chi connectivity index (χ0v) is 19.7. The molecule has 0 aliphatic rings. The second-order valence-electron chi connectivity index (χ2n) is 7.79. The van der Waals surface area contributed by atoms with Gasteiger partial charge in [0, 0.05) is 24.5 Å². The number of hydrogen-bond donors (Lipinski definition) is 1. The number of nitrogens with one attached hydrogen (secondary N) is 1. The van der Waals surface area contributed by atoms with Gasteiger partial charge in [-0.05, 0) is 48.7 Å². The molecule has 0 saturated carbocycles. The van der Waals surface area contributed by atoms with Gasteiger partial charge >= 0.3 is 0 Å². The summed E-state index contributed by atoms with van der Waals surface area (Å²) in [6, 6.07) is 23.8. The number of halogens is 1. The van der Waals surface area contributed by atoms with Crippen LogP contribution in [0.1, 0.15) is 23.6 Å². The van der Waals surface area contributed by atoms with Gasteiger partial charge in [0.1, 0.15) is 11.8 Å². The minimum Gasteiger partial charge on any atom is -0.484 e. The molecule has 172 valence electrons. The number of likely N-dealkylation sites (N-methyl/N-ethyl adjacent to an activating group) is 1. The third-order valence-electron chi connectivity index (χ3n) is 5.38. The standard InChI is InChI=1S/C27H29ClN2O3/c1-3-29-27(32)25(16-21-11-5-4-6-12-21)30(18-22-13-8-7-10-20(22)2)26(31)19-33-24-15-9-14-23(28)17-24/h4-15,17,25H,3,16,18-19H2,1-2H3,(H,29,32)/t25-/m1/s1. The molecule has 3 aromatic rings. The highest BCUT2D eigenvalue weighted by Crippen LogP contribution is 2.19. The average molecular weight is 465 g/mol. The number of ether oxygens (including phenoxy) is 1. The van der Waals surface area contributed by atoms with Crippen LogP contribution in [0, 0.1) is 6.92 Å². The van der Waals surface area contributed by atoms with Gasteiger partial charge in [-0.1, -0.05) is 72.3 Å². The van der Waals surface area contributed by atoms with Gasteiger partial charge in [0.15, 0.2) is 6.61 Å². The van der Waals surface area contributed by atoms with Crippen molar-refractivity contribution in [3.8, 4) is 5.75 Å². The highest BCUT2D eigenvalue weighted by atomic mass is 35.5. The first kappa shape index (κ1) is 24.3. The SMILES string of the molecule is CCNC(=O)[C@@H](Cc1ccccc1)N(Cc1ccccc1C)C(=O)COc1cccc(Cl)c1. The van der Waals surface area contributed by atoms with Crippen LogP contribution >= 0.6 is 11.6 Å². The first-order valence-electron chi connectivity index (χ1n) is 11.0. The molecule has 0 fully saturated rings. The Kier molecular flexibility index (Phi) is 8.90. The fourth-order valence-electron chi connectivity index (χ4n) is 3.60. The van der Waals surface area contributed by atoms with Crippen LogP contribution in [0.2, 0.25) is 5.02 Å². The first-order chi connectivity index (χ1) is 16.0.